The van der Waals surface area contributed by atoms with E-state index in [-0.39, 0.29) is 5.91 Å². The third kappa shape index (κ3) is 5.17. The summed E-state index contributed by atoms with van der Waals surface area (Å²) < 4.78 is 11.1. The lowest BCUT2D eigenvalue weighted by atomic mass is 10.2. The summed E-state index contributed by atoms with van der Waals surface area (Å²) >= 11 is 5.99. The van der Waals surface area contributed by atoms with E-state index in [1.165, 1.54) is 0 Å². The number of hydrogen-bond donors (Lipinski definition) is 1. The maximum Gasteiger partial charge on any atom is 0.261 e. The second-order valence-corrected chi connectivity index (χ2v) is 5.88. The SMILES string of the molecule is CCOc1cccc(CNC(=O)C(C)Oc2ccc(Cl)c(C)c2)c1. The third-order valence-corrected chi connectivity index (χ3v) is 3.91. The van der Waals surface area contributed by atoms with Crippen molar-refractivity contribution in [1.29, 1.82) is 0 Å². The molecule has 5 heteroatoms. The van der Waals surface area contributed by atoms with Crippen molar-refractivity contribution < 1.29 is 14.3 Å². The number of hydrogen-bond acceptors (Lipinski definition) is 3. The van der Waals surface area contributed by atoms with Crippen molar-refractivity contribution in [1.82, 2.24) is 5.32 Å². The van der Waals surface area contributed by atoms with Crippen LogP contribution >= 0.6 is 11.6 Å². The smallest absolute Gasteiger partial charge is 0.261 e. The Hall–Kier alpha value is -2.20. The Morgan fingerprint density at radius 1 is 1.21 bits per heavy atom. The van der Waals surface area contributed by atoms with Crippen molar-refractivity contribution in [3.63, 3.8) is 0 Å². The van der Waals surface area contributed by atoms with Crippen LogP contribution in [0.15, 0.2) is 42.5 Å². The van der Waals surface area contributed by atoms with E-state index in [0.29, 0.717) is 23.9 Å². The zero-order valence-corrected chi connectivity index (χ0v) is 14.9. The molecule has 0 spiro atoms. The molecule has 0 aromatic heterocycles. The van der Waals surface area contributed by atoms with Gasteiger partial charge in [-0.2, -0.15) is 0 Å². The molecule has 128 valence electrons. The first-order chi connectivity index (χ1) is 11.5. The number of ether oxygens (including phenoxy) is 2. The Morgan fingerprint density at radius 2 is 2.00 bits per heavy atom. The number of nitrogens with one attached hydrogen (secondary N) is 1. The standard InChI is InChI=1S/C19H22ClNO3/c1-4-23-16-7-5-6-15(11-16)12-21-19(22)14(3)24-17-8-9-18(20)13(2)10-17/h5-11,14H,4,12H2,1-3H3,(H,21,22). The summed E-state index contributed by atoms with van der Waals surface area (Å²) in [6, 6.07) is 13.0. The first-order valence-corrected chi connectivity index (χ1v) is 8.29. The van der Waals surface area contributed by atoms with Crippen LogP contribution in [-0.4, -0.2) is 18.6 Å². The van der Waals surface area contributed by atoms with Gasteiger partial charge in [-0.1, -0.05) is 23.7 Å². The van der Waals surface area contributed by atoms with Gasteiger partial charge in [0.1, 0.15) is 11.5 Å². The topological polar surface area (TPSA) is 47.6 Å². The van der Waals surface area contributed by atoms with Crippen LogP contribution in [0, 0.1) is 6.92 Å². The molecule has 24 heavy (non-hydrogen) atoms. The molecule has 0 saturated carbocycles. The normalized spacial score (nSPS) is 11.7. The molecule has 0 bridgehead atoms. The van der Waals surface area contributed by atoms with Crippen molar-refractivity contribution in [2.75, 3.05) is 6.61 Å². The molecule has 2 aromatic carbocycles. The maximum atomic E-state index is 12.2. The molecule has 0 radical (unpaired) electrons. The van der Waals surface area contributed by atoms with Crippen LogP contribution in [0.3, 0.4) is 0 Å². The van der Waals surface area contributed by atoms with Gasteiger partial charge < -0.3 is 14.8 Å². The Balaban J connectivity index is 1.89. The maximum absolute atomic E-state index is 12.2. The minimum absolute atomic E-state index is 0.176. The third-order valence-electron chi connectivity index (χ3n) is 3.49. The molecule has 0 aliphatic carbocycles. The Bertz CT molecular complexity index is 703. The summed E-state index contributed by atoms with van der Waals surface area (Å²) in [6.07, 6.45) is -0.597. The van der Waals surface area contributed by atoms with Gasteiger partial charge in [-0.15, -0.1) is 0 Å². The minimum atomic E-state index is -0.597. The highest BCUT2D eigenvalue weighted by Crippen LogP contribution is 2.22. The number of halogens is 1. The highest BCUT2D eigenvalue weighted by molar-refractivity contribution is 6.31. The fourth-order valence-electron chi connectivity index (χ4n) is 2.19. The van der Waals surface area contributed by atoms with E-state index in [0.717, 1.165) is 16.9 Å². The van der Waals surface area contributed by atoms with Crippen molar-refractivity contribution in [3.05, 3.63) is 58.6 Å². The second kappa shape index (κ2) is 8.60. The van der Waals surface area contributed by atoms with Crippen LogP contribution in [0.4, 0.5) is 0 Å². The molecule has 1 amide bonds. The lowest BCUT2D eigenvalue weighted by Gasteiger charge is -2.15. The molecule has 1 unspecified atom stereocenters. The van der Waals surface area contributed by atoms with Crippen LogP contribution in [0.25, 0.3) is 0 Å². The molecule has 0 heterocycles. The Kier molecular flexibility index (Phi) is 6.50. The number of aryl methyl sites for hydroxylation is 1. The largest absolute Gasteiger partial charge is 0.494 e. The van der Waals surface area contributed by atoms with E-state index in [1.807, 2.05) is 44.2 Å². The molecule has 0 saturated heterocycles. The molecule has 4 nitrogen and oxygen atoms in total. The van der Waals surface area contributed by atoms with Gasteiger partial charge in [-0.3, -0.25) is 4.79 Å². The average Bonchev–Trinajstić information content (AvgIpc) is 2.56. The van der Waals surface area contributed by atoms with Gasteiger partial charge in [0.05, 0.1) is 6.61 Å². The van der Waals surface area contributed by atoms with E-state index >= 15 is 0 Å². The summed E-state index contributed by atoms with van der Waals surface area (Å²) in [6.45, 7) is 6.58. The number of rotatable bonds is 7. The van der Waals surface area contributed by atoms with E-state index in [2.05, 4.69) is 5.32 Å². The predicted molar refractivity (Wildman–Crippen MR) is 95.7 cm³/mol. The second-order valence-electron chi connectivity index (χ2n) is 5.47. The zero-order valence-electron chi connectivity index (χ0n) is 14.1. The monoisotopic (exact) mass is 347 g/mol. The predicted octanol–water partition coefficient (Wildman–Crippen LogP) is 4.13. The van der Waals surface area contributed by atoms with Crippen LogP contribution < -0.4 is 14.8 Å². The molecule has 0 aliphatic rings. The van der Waals surface area contributed by atoms with E-state index in [1.54, 1.807) is 19.1 Å². The first-order valence-electron chi connectivity index (χ1n) is 7.92. The lowest BCUT2D eigenvalue weighted by molar-refractivity contribution is -0.127. The average molecular weight is 348 g/mol. The number of carbonyl (C=O) groups excluding carboxylic acids is 1. The molecule has 2 aromatic rings. The van der Waals surface area contributed by atoms with Gasteiger partial charge in [0.25, 0.3) is 5.91 Å². The number of amides is 1. The van der Waals surface area contributed by atoms with E-state index in [4.69, 9.17) is 21.1 Å². The molecule has 0 fully saturated rings. The van der Waals surface area contributed by atoms with Gasteiger partial charge in [-0.25, -0.2) is 0 Å². The van der Waals surface area contributed by atoms with Gasteiger partial charge in [0.2, 0.25) is 0 Å². The van der Waals surface area contributed by atoms with Gasteiger partial charge in [-0.05, 0) is 62.2 Å². The number of carbonyl (C=O) groups is 1. The molecular formula is C19H22ClNO3. The molecule has 1 N–H and O–H groups in total. The first kappa shape index (κ1) is 18.1. The Morgan fingerprint density at radius 3 is 2.71 bits per heavy atom. The summed E-state index contributed by atoms with van der Waals surface area (Å²) in [5, 5.41) is 3.54. The fourth-order valence-corrected chi connectivity index (χ4v) is 2.31. The van der Waals surface area contributed by atoms with Crippen LogP contribution in [0.1, 0.15) is 25.0 Å². The fraction of sp³-hybridized carbons (Fsp3) is 0.316. The minimum Gasteiger partial charge on any atom is -0.494 e. The quantitative estimate of drug-likeness (QED) is 0.819. The van der Waals surface area contributed by atoms with Crippen LogP contribution in [-0.2, 0) is 11.3 Å². The molecule has 0 aliphatic heterocycles. The highest BCUT2D eigenvalue weighted by Gasteiger charge is 2.14. The molecule has 1 atom stereocenters. The van der Waals surface area contributed by atoms with Crippen LogP contribution in [0.5, 0.6) is 11.5 Å². The van der Waals surface area contributed by atoms with Gasteiger partial charge in [0.15, 0.2) is 6.10 Å². The summed E-state index contributed by atoms with van der Waals surface area (Å²) in [5.41, 5.74) is 1.89. The summed E-state index contributed by atoms with van der Waals surface area (Å²) in [4.78, 5) is 12.2. The molecular weight excluding hydrogens is 326 g/mol. The van der Waals surface area contributed by atoms with Gasteiger partial charge >= 0.3 is 0 Å². The highest BCUT2D eigenvalue weighted by atomic mass is 35.5. The summed E-state index contributed by atoms with van der Waals surface area (Å²) in [7, 11) is 0. The lowest BCUT2D eigenvalue weighted by Crippen LogP contribution is -2.35. The molecule has 2 rings (SSSR count). The zero-order chi connectivity index (χ0) is 17.5. The van der Waals surface area contributed by atoms with E-state index < -0.39 is 6.10 Å². The Labute approximate surface area is 147 Å². The summed E-state index contributed by atoms with van der Waals surface area (Å²) in [5.74, 6) is 1.24. The van der Waals surface area contributed by atoms with Crippen molar-refractivity contribution >= 4 is 17.5 Å². The van der Waals surface area contributed by atoms with Crippen LogP contribution in [0.2, 0.25) is 5.02 Å². The van der Waals surface area contributed by atoms with Crippen molar-refractivity contribution in [2.45, 2.75) is 33.4 Å². The van der Waals surface area contributed by atoms with Crippen molar-refractivity contribution in [3.8, 4) is 11.5 Å². The van der Waals surface area contributed by atoms with E-state index in [9.17, 15) is 4.79 Å². The number of benzene rings is 2. The van der Waals surface area contributed by atoms with Crippen molar-refractivity contribution in [2.24, 2.45) is 0 Å². The van der Waals surface area contributed by atoms with Gasteiger partial charge in [0, 0.05) is 11.6 Å².